The van der Waals surface area contributed by atoms with Crippen LogP contribution >= 0.6 is 11.3 Å². The number of aromatic nitrogens is 2. The van der Waals surface area contributed by atoms with Gasteiger partial charge in [0, 0.05) is 5.56 Å². The molecule has 7 heteroatoms. The zero-order valence-electron chi connectivity index (χ0n) is 17.2. The van der Waals surface area contributed by atoms with E-state index in [-0.39, 0.29) is 35.4 Å². The van der Waals surface area contributed by atoms with Crippen molar-refractivity contribution in [2.75, 3.05) is 0 Å². The molecule has 1 aliphatic carbocycles. The molecule has 5 nitrogen and oxygen atoms in total. The molecule has 1 unspecified atom stereocenters. The van der Waals surface area contributed by atoms with Gasteiger partial charge in [-0.05, 0) is 60.4 Å². The second-order valence-electron chi connectivity index (χ2n) is 8.66. The molecule has 156 valence electrons. The van der Waals surface area contributed by atoms with Gasteiger partial charge in [0.05, 0.1) is 34.9 Å². The normalized spacial score (nSPS) is 17.4. The van der Waals surface area contributed by atoms with Crippen LogP contribution in [0.1, 0.15) is 59.7 Å². The largest absolute Gasteiger partial charge is 0.349 e. The maximum atomic E-state index is 13.7. The molecule has 1 aromatic carbocycles. The standard InChI is InChI=1S/C23H24FN3O2S/c1-14(28)21-7-15(13-30-21)8-22(29)26-19-10-23(2,3)11-20-18(19)12-25-27(20)17-6-4-5-16(24)9-17/h4-7,9,12-13,19H,8,10-11H2,1-3H3,(H,26,29). The highest BCUT2D eigenvalue weighted by Gasteiger charge is 2.36. The minimum Gasteiger partial charge on any atom is -0.349 e. The summed E-state index contributed by atoms with van der Waals surface area (Å²) in [6.45, 7) is 5.85. The van der Waals surface area contributed by atoms with Gasteiger partial charge in [-0.25, -0.2) is 9.07 Å². The first-order valence-corrected chi connectivity index (χ1v) is 10.8. The molecule has 30 heavy (non-hydrogen) atoms. The highest BCUT2D eigenvalue weighted by molar-refractivity contribution is 7.12. The molecule has 1 aliphatic rings. The number of ketones is 1. The first-order valence-electron chi connectivity index (χ1n) is 9.92. The average Bonchev–Trinajstić information content (AvgIpc) is 3.28. The Morgan fingerprint density at radius 1 is 1.33 bits per heavy atom. The lowest BCUT2D eigenvalue weighted by Gasteiger charge is -2.36. The van der Waals surface area contributed by atoms with Gasteiger partial charge in [0.2, 0.25) is 5.91 Å². The molecule has 1 N–H and O–H groups in total. The zero-order valence-corrected chi connectivity index (χ0v) is 18.1. The van der Waals surface area contributed by atoms with E-state index in [1.807, 2.05) is 11.4 Å². The molecule has 0 saturated carbocycles. The summed E-state index contributed by atoms with van der Waals surface area (Å²) in [5.41, 5.74) is 3.45. The Hall–Kier alpha value is -2.80. The van der Waals surface area contributed by atoms with Crippen LogP contribution in [0.4, 0.5) is 4.39 Å². The van der Waals surface area contributed by atoms with Crippen molar-refractivity contribution >= 4 is 23.0 Å². The number of carbonyl (C=O) groups excluding carboxylic acids is 2. The predicted molar refractivity (Wildman–Crippen MR) is 115 cm³/mol. The lowest BCUT2D eigenvalue weighted by Crippen LogP contribution is -2.37. The fourth-order valence-electron chi connectivity index (χ4n) is 4.09. The second-order valence-corrected chi connectivity index (χ2v) is 9.57. The van der Waals surface area contributed by atoms with Gasteiger partial charge >= 0.3 is 0 Å². The number of benzene rings is 1. The molecule has 0 saturated heterocycles. The van der Waals surface area contributed by atoms with Crippen LogP contribution in [0.5, 0.6) is 0 Å². The van der Waals surface area contributed by atoms with Crippen molar-refractivity contribution < 1.29 is 14.0 Å². The third-order valence-electron chi connectivity index (χ3n) is 5.43. The fraction of sp³-hybridized carbons (Fsp3) is 0.348. The Morgan fingerprint density at radius 3 is 2.83 bits per heavy atom. The predicted octanol–water partition coefficient (Wildman–Crippen LogP) is 4.65. The summed E-state index contributed by atoms with van der Waals surface area (Å²) >= 11 is 1.36. The van der Waals surface area contributed by atoms with Gasteiger partial charge in [0.15, 0.2) is 5.78 Å². The summed E-state index contributed by atoms with van der Waals surface area (Å²) in [4.78, 5) is 24.9. The minimum atomic E-state index is -0.308. The number of carbonyl (C=O) groups is 2. The topological polar surface area (TPSA) is 64.0 Å². The number of fused-ring (bicyclic) bond motifs is 1. The third kappa shape index (κ3) is 4.21. The molecule has 2 heterocycles. The summed E-state index contributed by atoms with van der Waals surface area (Å²) in [7, 11) is 0. The van der Waals surface area contributed by atoms with Crippen LogP contribution < -0.4 is 5.32 Å². The van der Waals surface area contributed by atoms with Crippen molar-refractivity contribution in [3.8, 4) is 5.69 Å². The lowest BCUT2D eigenvalue weighted by molar-refractivity contribution is -0.121. The Morgan fingerprint density at radius 2 is 2.13 bits per heavy atom. The number of hydrogen-bond donors (Lipinski definition) is 1. The molecule has 0 aliphatic heterocycles. The number of nitrogens with one attached hydrogen (secondary N) is 1. The third-order valence-corrected chi connectivity index (χ3v) is 6.51. The number of amides is 1. The monoisotopic (exact) mass is 425 g/mol. The molecule has 2 aromatic heterocycles. The summed E-state index contributed by atoms with van der Waals surface area (Å²) < 4.78 is 15.5. The number of rotatable bonds is 5. The van der Waals surface area contributed by atoms with E-state index in [1.165, 1.54) is 30.4 Å². The SMILES string of the molecule is CC(=O)c1cc(CC(=O)NC2CC(C)(C)Cc3c2cnn3-c2cccc(F)c2)cs1. The Bertz CT molecular complexity index is 1120. The van der Waals surface area contributed by atoms with Crippen LogP contribution in [-0.2, 0) is 17.6 Å². The Balaban J connectivity index is 1.57. The molecular weight excluding hydrogens is 401 g/mol. The fourth-order valence-corrected chi connectivity index (χ4v) is 4.90. The van der Waals surface area contributed by atoms with Crippen molar-refractivity contribution in [3.63, 3.8) is 0 Å². The van der Waals surface area contributed by atoms with Gasteiger partial charge in [-0.15, -0.1) is 11.3 Å². The summed E-state index contributed by atoms with van der Waals surface area (Å²) in [5, 5.41) is 9.50. The molecular formula is C23H24FN3O2S. The molecule has 4 rings (SSSR count). The highest BCUT2D eigenvalue weighted by atomic mass is 32.1. The maximum Gasteiger partial charge on any atom is 0.224 e. The van der Waals surface area contributed by atoms with Gasteiger partial charge in [-0.2, -0.15) is 5.10 Å². The van der Waals surface area contributed by atoms with Gasteiger partial charge in [0.25, 0.3) is 0 Å². The van der Waals surface area contributed by atoms with Crippen molar-refractivity contribution in [1.29, 1.82) is 0 Å². The van der Waals surface area contributed by atoms with E-state index in [2.05, 4.69) is 24.3 Å². The van der Waals surface area contributed by atoms with E-state index in [4.69, 9.17) is 0 Å². The molecule has 3 aromatic rings. The van der Waals surface area contributed by atoms with Crippen LogP contribution in [-0.4, -0.2) is 21.5 Å². The van der Waals surface area contributed by atoms with E-state index >= 15 is 0 Å². The van der Waals surface area contributed by atoms with Crippen LogP contribution in [0.2, 0.25) is 0 Å². The van der Waals surface area contributed by atoms with E-state index in [1.54, 1.807) is 23.0 Å². The van der Waals surface area contributed by atoms with Crippen LogP contribution in [0.3, 0.4) is 0 Å². The van der Waals surface area contributed by atoms with Crippen molar-refractivity contribution in [3.05, 3.63) is 69.4 Å². The minimum absolute atomic E-state index is 0.00935. The smallest absolute Gasteiger partial charge is 0.224 e. The van der Waals surface area contributed by atoms with E-state index in [0.29, 0.717) is 10.6 Å². The van der Waals surface area contributed by atoms with Crippen LogP contribution in [0.15, 0.2) is 41.9 Å². The summed E-state index contributed by atoms with van der Waals surface area (Å²) in [6, 6.07) is 7.99. The quantitative estimate of drug-likeness (QED) is 0.606. The number of nitrogens with zero attached hydrogens (tertiary/aromatic N) is 2. The van der Waals surface area contributed by atoms with Crippen molar-refractivity contribution in [2.24, 2.45) is 5.41 Å². The van der Waals surface area contributed by atoms with Crippen molar-refractivity contribution in [2.45, 2.75) is 46.1 Å². The molecule has 1 amide bonds. The first kappa shape index (κ1) is 20.5. The molecule has 0 radical (unpaired) electrons. The van der Waals surface area contributed by atoms with E-state index in [9.17, 15) is 14.0 Å². The van der Waals surface area contributed by atoms with Gasteiger partial charge in [0.1, 0.15) is 5.82 Å². The van der Waals surface area contributed by atoms with Gasteiger partial charge < -0.3 is 5.32 Å². The van der Waals surface area contributed by atoms with Gasteiger partial charge in [-0.1, -0.05) is 19.9 Å². The average molecular weight is 426 g/mol. The highest BCUT2D eigenvalue weighted by Crippen LogP contribution is 2.41. The molecule has 0 fully saturated rings. The van der Waals surface area contributed by atoms with Gasteiger partial charge in [-0.3, -0.25) is 9.59 Å². The van der Waals surface area contributed by atoms with Crippen LogP contribution in [0.25, 0.3) is 5.69 Å². The second kappa shape index (κ2) is 7.80. The van der Waals surface area contributed by atoms with Crippen molar-refractivity contribution in [1.82, 2.24) is 15.1 Å². The summed E-state index contributed by atoms with van der Waals surface area (Å²) in [6.07, 6.45) is 3.59. The Kier molecular flexibility index (Phi) is 5.32. The molecule has 0 bridgehead atoms. The molecule has 1 atom stereocenters. The lowest BCUT2D eigenvalue weighted by atomic mass is 9.74. The number of hydrogen-bond acceptors (Lipinski definition) is 4. The van der Waals surface area contributed by atoms with E-state index in [0.717, 1.165) is 29.7 Å². The number of Topliss-reactive ketones (excluding diaryl/α,β-unsaturated/α-hetero) is 1. The number of halogens is 1. The van der Waals surface area contributed by atoms with E-state index < -0.39 is 0 Å². The molecule has 0 spiro atoms. The summed E-state index contributed by atoms with van der Waals surface area (Å²) in [5.74, 6) is -0.387. The number of thiophene rings is 1. The maximum absolute atomic E-state index is 13.7. The zero-order chi connectivity index (χ0) is 21.5. The first-order chi connectivity index (χ1) is 14.2. The van der Waals surface area contributed by atoms with Crippen LogP contribution in [0, 0.1) is 11.2 Å². The Labute approximate surface area is 178 Å².